The molecule has 0 aliphatic heterocycles. The number of halogens is 1. The molecule has 0 aliphatic rings. The lowest BCUT2D eigenvalue weighted by molar-refractivity contribution is -0.139. The number of anilines is 1. The van der Waals surface area contributed by atoms with Crippen molar-refractivity contribution in [1.82, 2.24) is 5.32 Å². The van der Waals surface area contributed by atoms with E-state index >= 15 is 0 Å². The van der Waals surface area contributed by atoms with Gasteiger partial charge in [-0.3, -0.25) is 9.59 Å². The van der Waals surface area contributed by atoms with E-state index in [2.05, 4.69) is 10.6 Å². The first-order valence-corrected chi connectivity index (χ1v) is 7.45. The topological polar surface area (TPSA) is 78.4 Å². The van der Waals surface area contributed by atoms with Crippen molar-refractivity contribution in [3.05, 3.63) is 64.7 Å². The van der Waals surface area contributed by atoms with Crippen LogP contribution in [0.4, 0.5) is 5.69 Å². The molecule has 1 atom stereocenters. The van der Waals surface area contributed by atoms with Crippen LogP contribution in [0.2, 0.25) is 5.02 Å². The maximum Gasteiger partial charge on any atom is 0.320 e. The number of rotatable bonds is 6. The summed E-state index contributed by atoms with van der Waals surface area (Å²) in [5.41, 5.74) is 2.04. The smallest absolute Gasteiger partial charge is 0.320 e. The van der Waals surface area contributed by atoms with E-state index in [9.17, 15) is 9.59 Å². The molecule has 0 aromatic heterocycles. The quantitative estimate of drug-likeness (QED) is 0.759. The molecule has 6 heteroatoms. The van der Waals surface area contributed by atoms with E-state index in [4.69, 9.17) is 16.7 Å². The van der Waals surface area contributed by atoms with Crippen LogP contribution < -0.4 is 10.6 Å². The number of hydrogen-bond donors (Lipinski definition) is 3. The van der Waals surface area contributed by atoms with Crippen molar-refractivity contribution in [2.75, 3.05) is 5.32 Å². The number of carboxylic acids is 1. The third-order valence-electron chi connectivity index (χ3n) is 3.27. The highest BCUT2D eigenvalue weighted by Crippen LogP contribution is 2.14. The molecule has 0 fully saturated rings. The van der Waals surface area contributed by atoms with Crippen LogP contribution in [0.3, 0.4) is 0 Å². The Kier molecular flexibility index (Phi) is 5.73. The summed E-state index contributed by atoms with van der Waals surface area (Å²) in [7, 11) is 0. The Labute approximate surface area is 139 Å². The van der Waals surface area contributed by atoms with Gasteiger partial charge in [0, 0.05) is 22.8 Å². The molecule has 0 aliphatic carbocycles. The van der Waals surface area contributed by atoms with Crippen LogP contribution in [0, 0.1) is 0 Å². The van der Waals surface area contributed by atoms with Crippen LogP contribution in [0.25, 0.3) is 0 Å². The summed E-state index contributed by atoms with van der Waals surface area (Å²) in [5.74, 6) is -1.14. The van der Waals surface area contributed by atoms with Crippen LogP contribution in [0.15, 0.2) is 48.5 Å². The second kappa shape index (κ2) is 7.76. The SMILES string of the molecule is C[C@@H](NCc1cccc(NC(=O)c2ccc(Cl)cc2)c1)C(=O)O. The average molecular weight is 333 g/mol. The maximum atomic E-state index is 12.1. The van der Waals surface area contributed by atoms with Gasteiger partial charge in [-0.2, -0.15) is 0 Å². The predicted octanol–water partition coefficient (Wildman–Crippen LogP) is 3.16. The molecule has 1 amide bonds. The van der Waals surface area contributed by atoms with Crippen molar-refractivity contribution < 1.29 is 14.7 Å². The molecule has 3 N–H and O–H groups in total. The molecule has 0 unspecified atom stereocenters. The third kappa shape index (κ3) is 5.09. The summed E-state index contributed by atoms with van der Waals surface area (Å²) in [5, 5.41) is 15.1. The van der Waals surface area contributed by atoms with Crippen molar-refractivity contribution >= 4 is 29.2 Å². The number of aliphatic carboxylic acids is 1. The molecule has 0 bridgehead atoms. The van der Waals surface area contributed by atoms with Crippen molar-refractivity contribution in [3.8, 4) is 0 Å². The van der Waals surface area contributed by atoms with E-state index in [1.807, 2.05) is 6.07 Å². The first kappa shape index (κ1) is 17.0. The summed E-state index contributed by atoms with van der Waals surface area (Å²) < 4.78 is 0. The van der Waals surface area contributed by atoms with Gasteiger partial charge in [0.15, 0.2) is 0 Å². The van der Waals surface area contributed by atoms with Crippen LogP contribution in [-0.2, 0) is 11.3 Å². The van der Waals surface area contributed by atoms with Gasteiger partial charge >= 0.3 is 5.97 Å². The first-order chi connectivity index (χ1) is 11.0. The second-order valence-corrected chi connectivity index (χ2v) is 5.54. The summed E-state index contributed by atoms with van der Waals surface area (Å²) in [6, 6.07) is 13.2. The van der Waals surface area contributed by atoms with E-state index in [-0.39, 0.29) is 5.91 Å². The van der Waals surface area contributed by atoms with Gasteiger partial charge in [0.25, 0.3) is 5.91 Å². The molecular formula is C17H17ClN2O3. The van der Waals surface area contributed by atoms with Crippen LogP contribution in [0.1, 0.15) is 22.8 Å². The Bertz CT molecular complexity index is 701. The zero-order chi connectivity index (χ0) is 16.8. The number of carbonyl (C=O) groups is 2. The van der Waals surface area contributed by atoms with Gasteiger partial charge in [-0.05, 0) is 48.9 Å². The average Bonchev–Trinajstić information content (AvgIpc) is 2.53. The first-order valence-electron chi connectivity index (χ1n) is 7.08. The number of carboxylic acid groups (broad SMARTS) is 1. The van der Waals surface area contributed by atoms with E-state index in [1.165, 1.54) is 0 Å². The Balaban J connectivity index is 2.00. The highest BCUT2D eigenvalue weighted by atomic mass is 35.5. The zero-order valence-corrected chi connectivity index (χ0v) is 13.3. The molecule has 5 nitrogen and oxygen atoms in total. The minimum absolute atomic E-state index is 0.231. The van der Waals surface area contributed by atoms with Gasteiger partial charge in [-0.15, -0.1) is 0 Å². The summed E-state index contributed by atoms with van der Waals surface area (Å²) in [4.78, 5) is 22.9. The van der Waals surface area contributed by atoms with Crippen molar-refractivity contribution in [1.29, 1.82) is 0 Å². The number of amides is 1. The lowest BCUT2D eigenvalue weighted by Crippen LogP contribution is -2.33. The maximum absolute atomic E-state index is 12.1. The summed E-state index contributed by atoms with van der Waals surface area (Å²) in [6.45, 7) is 1.98. The summed E-state index contributed by atoms with van der Waals surface area (Å²) in [6.07, 6.45) is 0. The Morgan fingerprint density at radius 1 is 1.17 bits per heavy atom. The standard InChI is InChI=1S/C17H17ClN2O3/c1-11(17(22)23)19-10-12-3-2-4-15(9-12)20-16(21)13-5-7-14(18)8-6-13/h2-9,11,19H,10H2,1H3,(H,20,21)(H,22,23)/t11-/m1/s1. The lowest BCUT2D eigenvalue weighted by atomic mass is 10.1. The van der Waals surface area contributed by atoms with Crippen LogP contribution >= 0.6 is 11.6 Å². The molecule has 0 saturated carbocycles. The molecule has 23 heavy (non-hydrogen) atoms. The second-order valence-electron chi connectivity index (χ2n) is 5.10. The van der Waals surface area contributed by atoms with Crippen molar-refractivity contribution in [3.63, 3.8) is 0 Å². The molecule has 2 aromatic carbocycles. The fourth-order valence-electron chi connectivity index (χ4n) is 1.92. The summed E-state index contributed by atoms with van der Waals surface area (Å²) >= 11 is 5.80. The highest BCUT2D eigenvalue weighted by molar-refractivity contribution is 6.30. The molecule has 2 rings (SSSR count). The van der Waals surface area contributed by atoms with E-state index in [1.54, 1.807) is 49.4 Å². The molecular weight excluding hydrogens is 316 g/mol. The van der Waals surface area contributed by atoms with Crippen molar-refractivity contribution in [2.45, 2.75) is 19.5 Å². The van der Waals surface area contributed by atoms with Crippen LogP contribution in [-0.4, -0.2) is 23.0 Å². The largest absolute Gasteiger partial charge is 0.480 e. The van der Waals surface area contributed by atoms with Gasteiger partial charge in [-0.25, -0.2) is 0 Å². The Hall–Kier alpha value is -2.37. The van der Waals surface area contributed by atoms with E-state index in [0.717, 1.165) is 5.56 Å². The fourth-order valence-corrected chi connectivity index (χ4v) is 2.05. The molecule has 2 aromatic rings. The molecule has 120 valence electrons. The van der Waals surface area contributed by atoms with Gasteiger partial charge < -0.3 is 15.7 Å². The van der Waals surface area contributed by atoms with Crippen LogP contribution in [0.5, 0.6) is 0 Å². The normalized spacial score (nSPS) is 11.7. The highest BCUT2D eigenvalue weighted by Gasteiger charge is 2.10. The Morgan fingerprint density at radius 3 is 2.52 bits per heavy atom. The predicted molar refractivity (Wildman–Crippen MR) is 89.8 cm³/mol. The fraction of sp³-hybridized carbons (Fsp3) is 0.176. The molecule has 0 radical (unpaired) electrons. The Morgan fingerprint density at radius 2 is 1.87 bits per heavy atom. The molecule has 0 spiro atoms. The molecule has 0 heterocycles. The van der Waals surface area contributed by atoms with Gasteiger partial charge in [0.05, 0.1) is 0 Å². The van der Waals surface area contributed by atoms with E-state index in [0.29, 0.717) is 22.8 Å². The van der Waals surface area contributed by atoms with Gasteiger partial charge in [0.1, 0.15) is 6.04 Å². The number of carbonyl (C=O) groups excluding carboxylic acids is 1. The number of benzene rings is 2. The van der Waals surface area contributed by atoms with E-state index < -0.39 is 12.0 Å². The third-order valence-corrected chi connectivity index (χ3v) is 3.53. The van der Waals surface area contributed by atoms with Gasteiger partial charge in [0.2, 0.25) is 0 Å². The monoisotopic (exact) mass is 332 g/mol. The minimum atomic E-state index is -0.905. The zero-order valence-electron chi connectivity index (χ0n) is 12.5. The lowest BCUT2D eigenvalue weighted by Gasteiger charge is -2.11. The van der Waals surface area contributed by atoms with Gasteiger partial charge in [-0.1, -0.05) is 23.7 Å². The molecule has 0 saturated heterocycles. The number of nitrogens with one attached hydrogen (secondary N) is 2. The number of hydrogen-bond acceptors (Lipinski definition) is 3. The van der Waals surface area contributed by atoms with Crippen molar-refractivity contribution in [2.24, 2.45) is 0 Å². The minimum Gasteiger partial charge on any atom is -0.480 e.